The van der Waals surface area contributed by atoms with Gasteiger partial charge in [0.2, 0.25) is 5.89 Å². The smallest absolute Gasteiger partial charge is 0.257 e. The number of ether oxygens (including phenoxy) is 1. The van der Waals surface area contributed by atoms with Crippen molar-refractivity contribution < 1.29 is 9.15 Å². The second-order valence-corrected chi connectivity index (χ2v) is 5.49. The number of hydrogen-bond acceptors (Lipinski definition) is 4. The maximum atomic E-state index is 6.09. The standard InChI is InChI=1S/C16H12Cl2N2O2/c1-10(21-14-8-7-12(17)9-13(14)18)15-19-20-16(22-15)11-5-3-2-4-6-11/h2-10H,1H3. The van der Waals surface area contributed by atoms with Gasteiger partial charge in [0.25, 0.3) is 5.89 Å². The van der Waals surface area contributed by atoms with Crippen molar-refractivity contribution >= 4 is 23.2 Å². The lowest BCUT2D eigenvalue weighted by molar-refractivity contribution is 0.190. The average molecular weight is 335 g/mol. The molecule has 4 nitrogen and oxygen atoms in total. The van der Waals surface area contributed by atoms with Crippen LogP contribution in [0.4, 0.5) is 0 Å². The van der Waals surface area contributed by atoms with E-state index >= 15 is 0 Å². The molecule has 2 aromatic carbocycles. The molecule has 1 heterocycles. The third-order valence-corrected chi connectivity index (χ3v) is 3.54. The van der Waals surface area contributed by atoms with Crippen molar-refractivity contribution in [2.45, 2.75) is 13.0 Å². The van der Waals surface area contributed by atoms with Crippen molar-refractivity contribution in [2.75, 3.05) is 0 Å². The van der Waals surface area contributed by atoms with Crippen LogP contribution in [0, 0.1) is 0 Å². The number of rotatable bonds is 4. The number of halogens is 2. The Balaban J connectivity index is 1.78. The third kappa shape index (κ3) is 3.24. The van der Waals surface area contributed by atoms with Gasteiger partial charge in [-0.3, -0.25) is 0 Å². The number of benzene rings is 2. The first-order valence-electron chi connectivity index (χ1n) is 6.64. The predicted octanol–water partition coefficient (Wildman–Crippen LogP) is 5.18. The molecule has 0 N–H and O–H groups in total. The first-order chi connectivity index (χ1) is 10.6. The molecule has 22 heavy (non-hydrogen) atoms. The summed E-state index contributed by atoms with van der Waals surface area (Å²) in [5.41, 5.74) is 0.859. The van der Waals surface area contributed by atoms with Crippen molar-refractivity contribution in [3.8, 4) is 17.2 Å². The van der Waals surface area contributed by atoms with Gasteiger partial charge in [-0.15, -0.1) is 10.2 Å². The van der Waals surface area contributed by atoms with E-state index in [-0.39, 0.29) is 0 Å². The highest BCUT2D eigenvalue weighted by Gasteiger charge is 2.17. The van der Waals surface area contributed by atoms with Gasteiger partial charge in [0.1, 0.15) is 5.75 Å². The van der Waals surface area contributed by atoms with Crippen molar-refractivity contribution in [1.82, 2.24) is 10.2 Å². The highest BCUT2D eigenvalue weighted by Crippen LogP contribution is 2.31. The molecule has 0 fully saturated rings. The van der Waals surface area contributed by atoms with Gasteiger partial charge in [0, 0.05) is 10.6 Å². The maximum absolute atomic E-state index is 6.09. The molecule has 1 atom stereocenters. The largest absolute Gasteiger partial charge is 0.479 e. The van der Waals surface area contributed by atoms with Gasteiger partial charge in [-0.2, -0.15) is 0 Å². The monoisotopic (exact) mass is 334 g/mol. The van der Waals surface area contributed by atoms with Crippen molar-refractivity contribution in [3.05, 3.63) is 64.5 Å². The van der Waals surface area contributed by atoms with E-state index in [4.69, 9.17) is 32.4 Å². The summed E-state index contributed by atoms with van der Waals surface area (Å²) in [5, 5.41) is 9.04. The fourth-order valence-electron chi connectivity index (χ4n) is 1.91. The Labute approximate surface area is 137 Å². The van der Waals surface area contributed by atoms with Crippen LogP contribution in [0.15, 0.2) is 52.9 Å². The summed E-state index contributed by atoms with van der Waals surface area (Å²) in [7, 11) is 0. The van der Waals surface area contributed by atoms with Gasteiger partial charge in [0.05, 0.1) is 5.02 Å². The molecule has 0 aliphatic rings. The predicted molar refractivity (Wildman–Crippen MR) is 85.2 cm³/mol. The van der Waals surface area contributed by atoms with E-state index in [1.54, 1.807) is 18.2 Å². The minimum Gasteiger partial charge on any atom is -0.479 e. The van der Waals surface area contributed by atoms with Crippen LogP contribution in [0.2, 0.25) is 10.0 Å². The lowest BCUT2D eigenvalue weighted by atomic mass is 10.2. The molecule has 0 radical (unpaired) electrons. The SMILES string of the molecule is CC(Oc1ccc(Cl)cc1Cl)c1nnc(-c2ccccc2)o1. The lowest BCUT2D eigenvalue weighted by Crippen LogP contribution is -2.03. The zero-order valence-corrected chi connectivity index (χ0v) is 13.2. The second kappa shape index (κ2) is 6.38. The molecule has 0 saturated carbocycles. The van der Waals surface area contributed by atoms with Crippen LogP contribution in [0.1, 0.15) is 18.9 Å². The summed E-state index contributed by atoms with van der Waals surface area (Å²) in [6.07, 6.45) is -0.427. The maximum Gasteiger partial charge on any atom is 0.257 e. The summed E-state index contributed by atoms with van der Waals surface area (Å²) >= 11 is 11.9. The minimum atomic E-state index is -0.427. The Bertz CT molecular complexity index is 775. The van der Waals surface area contributed by atoms with Gasteiger partial charge < -0.3 is 9.15 Å². The van der Waals surface area contributed by atoms with Crippen molar-refractivity contribution in [1.29, 1.82) is 0 Å². The molecular formula is C16H12Cl2N2O2. The molecular weight excluding hydrogens is 323 g/mol. The highest BCUT2D eigenvalue weighted by atomic mass is 35.5. The highest BCUT2D eigenvalue weighted by molar-refractivity contribution is 6.35. The number of hydrogen-bond donors (Lipinski definition) is 0. The molecule has 0 aliphatic heterocycles. The molecule has 1 aromatic heterocycles. The van der Waals surface area contributed by atoms with E-state index in [1.807, 2.05) is 37.3 Å². The molecule has 112 valence electrons. The normalized spacial score (nSPS) is 12.1. The molecule has 1 unspecified atom stereocenters. The fourth-order valence-corrected chi connectivity index (χ4v) is 2.36. The van der Waals surface area contributed by atoms with Crippen LogP contribution >= 0.6 is 23.2 Å². The molecule has 3 aromatic rings. The van der Waals surface area contributed by atoms with E-state index in [0.717, 1.165) is 5.56 Å². The summed E-state index contributed by atoms with van der Waals surface area (Å²) < 4.78 is 11.4. The number of aromatic nitrogens is 2. The molecule has 0 spiro atoms. The Hall–Kier alpha value is -2.04. The zero-order valence-electron chi connectivity index (χ0n) is 11.7. The van der Waals surface area contributed by atoms with Crippen LogP contribution in [0.25, 0.3) is 11.5 Å². The molecule has 0 aliphatic carbocycles. The summed E-state index contributed by atoms with van der Waals surface area (Å²) in [5.74, 6) is 1.34. The second-order valence-electron chi connectivity index (χ2n) is 4.65. The lowest BCUT2D eigenvalue weighted by Gasteiger charge is -2.12. The third-order valence-electron chi connectivity index (χ3n) is 3.01. The quantitative estimate of drug-likeness (QED) is 0.659. The van der Waals surface area contributed by atoms with E-state index in [9.17, 15) is 0 Å². The van der Waals surface area contributed by atoms with Crippen LogP contribution in [0.3, 0.4) is 0 Å². The van der Waals surface area contributed by atoms with Crippen molar-refractivity contribution in [3.63, 3.8) is 0 Å². The Morgan fingerprint density at radius 3 is 2.55 bits per heavy atom. The van der Waals surface area contributed by atoms with E-state index in [2.05, 4.69) is 10.2 Å². The summed E-state index contributed by atoms with van der Waals surface area (Å²) in [6.45, 7) is 1.81. The molecule has 0 amide bonds. The van der Waals surface area contributed by atoms with Crippen LogP contribution < -0.4 is 4.74 Å². The topological polar surface area (TPSA) is 48.2 Å². The molecule has 0 saturated heterocycles. The summed E-state index contributed by atoms with van der Waals surface area (Å²) in [4.78, 5) is 0. The van der Waals surface area contributed by atoms with Crippen LogP contribution in [-0.4, -0.2) is 10.2 Å². The van der Waals surface area contributed by atoms with Gasteiger partial charge in [-0.25, -0.2) is 0 Å². The molecule has 6 heteroatoms. The molecule has 3 rings (SSSR count). The first kappa shape index (κ1) is 14.9. The minimum absolute atomic E-state index is 0.380. The Kier molecular flexibility index (Phi) is 4.32. The fraction of sp³-hybridized carbons (Fsp3) is 0.125. The van der Waals surface area contributed by atoms with Crippen LogP contribution in [0.5, 0.6) is 5.75 Å². The van der Waals surface area contributed by atoms with Gasteiger partial charge in [-0.1, -0.05) is 41.4 Å². The molecule has 0 bridgehead atoms. The number of nitrogens with zero attached hydrogens (tertiary/aromatic N) is 2. The van der Waals surface area contributed by atoms with Gasteiger partial charge in [0.15, 0.2) is 6.10 Å². The van der Waals surface area contributed by atoms with E-state index < -0.39 is 6.10 Å². The zero-order chi connectivity index (χ0) is 15.5. The average Bonchev–Trinajstić information content (AvgIpc) is 3.01. The van der Waals surface area contributed by atoms with Crippen LogP contribution in [-0.2, 0) is 0 Å². The summed E-state index contributed by atoms with van der Waals surface area (Å²) in [6, 6.07) is 14.6. The first-order valence-corrected chi connectivity index (χ1v) is 7.39. The van der Waals surface area contributed by atoms with E-state index in [1.165, 1.54) is 0 Å². The Morgan fingerprint density at radius 2 is 1.82 bits per heavy atom. The Morgan fingerprint density at radius 1 is 1.05 bits per heavy atom. The van der Waals surface area contributed by atoms with Gasteiger partial charge in [-0.05, 0) is 37.3 Å². The van der Waals surface area contributed by atoms with Gasteiger partial charge >= 0.3 is 0 Å². The van der Waals surface area contributed by atoms with E-state index in [0.29, 0.717) is 27.6 Å². The van der Waals surface area contributed by atoms with Crippen molar-refractivity contribution in [2.24, 2.45) is 0 Å².